The molecule has 0 saturated carbocycles. The first-order valence-corrected chi connectivity index (χ1v) is 5.55. The summed E-state index contributed by atoms with van der Waals surface area (Å²) in [6, 6.07) is 5.75. The van der Waals surface area contributed by atoms with Gasteiger partial charge < -0.3 is 10.2 Å². The van der Waals surface area contributed by atoms with E-state index < -0.39 is 0 Å². The third-order valence-electron chi connectivity index (χ3n) is 2.88. The number of likely N-dealkylation sites (N-methyl/N-ethyl adjacent to an activating group) is 1. The molecule has 1 aromatic heterocycles. The predicted molar refractivity (Wildman–Crippen MR) is 63.2 cm³/mol. The van der Waals surface area contributed by atoms with E-state index in [1.54, 1.807) is 17.2 Å². The SMILES string of the molecule is CN1C[C@H](Nc2ccc(C#N)nc2)CCC1=O. The van der Waals surface area contributed by atoms with Crippen LogP contribution in [-0.2, 0) is 4.79 Å². The van der Waals surface area contributed by atoms with Crippen molar-refractivity contribution in [1.29, 1.82) is 5.26 Å². The molecule has 0 spiro atoms. The van der Waals surface area contributed by atoms with E-state index in [9.17, 15) is 4.79 Å². The average molecular weight is 230 g/mol. The van der Waals surface area contributed by atoms with E-state index in [0.29, 0.717) is 18.7 Å². The number of hydrogen-bond acceptors (Lipinski definition) is 4. The Morgan fingerprint density at radius 1 is 1.59 bits per heavy atom. The van der Waals surface area contributed by atoms with Crippen LogP contribution < -0.4 is 5.32 Å². The Morgan fingerprint density at radius 3 is 3.00 bits per heavy atom. The molecule has 5 nitrogen and oxygen atoms in total. The van der Waals surface area contributed by atoms with Gasteiger partial charge in [0.25, 0.3) is 0 Å². The number of anilines is 1. The van der Waals surface area contributed by atoms with Gasteiger partial charge in [0.05, 0.1) is 11.9 Å². The highest BCUT2D eigenvalue weighted by atomic mass is 16.2. The van der Waals surface area contributed by atoms with Gasteiger partial charge in [-0.25, -0.2) is 4.98 Å². The molecule has 1 amide bonds. The Balaban J connectivity index is 1.97. The maximum atomic E-state index is 11.3. The number of hydrogen-bond donors (Lipinski definition) is 1. The van der Waals surface area contributed by atoms with E-state index in [4.69, 9.17) is 5.26 Å². The van der Waals surface area contributed by atoms with Gasteiger partial charge >= 0.3 is 0 Å². The Bertz CT molecular complexity index is 449. The molecule has 17 heavy (non-hydrogen) atoms. The highest BCUT2D eigenvalue weighted by molar-refractivity contribution is 5.77. The summed E-state index contributed by atoms with van der Waals surface area (Å²) < 4.78 is 0. The zero-order valence-electron chi connectivity index (χ0n) is 9.68. The lowest BCUT2D eigenvalue weighted by Crippen LogP contribution is -2.43. The summed E-state index contributed by atoms with van der Waals surface area (Å²) in [7, 11) is 1.81. The van der Waals surface area contributed by atoms with E-state index >= 15 is 0 Å². The van der Waals surface area contributed by atoms with E-state index in [2.05, 4.69) is 10.3 Å². The van der Waals surface area contributed by atoms with Gasteiger partial charge in [-0.15, -0.1) is 0 Å². The largest absolute Gasteiger partial charge is 0.379 e. The first-order chi connectivity index (χ1) is 8.19. The highest BCUT2D eigenvalue weighted by Gasteiger charge is 2.22. The Morgan fingerprint density at radius 2 is 2.41 bits per heavy atom. The first kappa shape index (κ1) is 11.4. The molecule has 1 saturated heterocycles. The minimum Gasteiger partial charge on any atom is -0.379 e. The molecular formula is C12H14N4O. The van der Waals surface area contributed by atoms with Crippen molar-refractivity contribution in [3.05, 3.63) is 24.0 Å². The van der Waals surface area contributed by atoms with Crippen molar-refractivity contribution >= 4 is 11.6 Å². The molecule has 0 aliphatic carbocycles. The van der Waals surface area contributed by atoms with Gasteiger partial charge in [0.2, 0.25) is 5.91 Å². The second kappa shape index (κ2) is 4.83. The fourth-order valence-electron chi connectivity index (χ4n) is 1.91. The number of nitrogens with one attached hydrogen (secondary N) is 1. The number of nitriles is 1. The quantitative estimate of drug-likeness (QED) is 0.822. The fraction of sp³-hybridized carbons (Fsp3) is 0.417. The summed E-state index contributed by atoms with van der Waals surface area (Å²) in [5, 5.41) is 12.0. The molecular weight excluding hydrogens is 216 g/mol. The van der Waals surface area contributed by atoms with Crippen molar-refractivity contribution in [1.82, 2.24) is 9.88 Å². The van der Waals surface area contributed by atoms with Crippen LogP contribution in [0.25, 0.3) is 0 Å². The second-order valence-electron chi connectivity index (χ2n) is 4.20. The van der Waals surface area contributed by atoms with Crippen LogP contribution in [-0.4, -0.2) is 35.4 Å². The number of pyridine rings is 1. The number of aromatic nitrogens is 1. The third kappa shape index (κ3) is 2.72. The van der Waals surface area contributed by atoms with Crippen LogP contribution in [0.5, 0.6) is 0 Å². The molecule has 88 valence electrons. The van der Waals surface area contributed by atoms with Gasteiger partial charge in [0, 0.05) is 26.1 Å². The van der Waals surface area contributed by atoms with Crippen LogP contribution in [0.15, 0.2) is 18.3 Å². The summed E-state index contributed by atoms with van der Waals surface area (Å²) in [6.07, 6.45) is 3.07. The maximum Gasteiger partial charge on any atom is 0.222 e. The molecule has 0 radical (unpaired) electrons. The summed E-state index contributed by atoms with van der Waals surface area (Å²) >= 11 is 0. The number of likely N-dealkylation sites (tertiary alicyclic amines) is 1. The van der Waals surface area contributed by atoms with Gasteiger partial charge in [-0.3, -0.25) is 4.79 Å². The smallest absolute Gasteiger partial charge is 0.222 e. The first-order valence-electron chi connectivity index (χ1n) is 5.55. The van der Waals surface area contributed by atoms with Crippen molar-refractivity contribution in [2.75, 3.05) is 18.9 Å². The van der Waals surface area contributed by atoms with E-state index in [1.165, 1.54) is 0 Å². The molecule has 1 aromatic rings. The Labute approximate surface area is 100 Å². The summed E-state index contributed by atoms with van der Waals surface area (Å²) in [6.45, 7) is 0.707. The van der Waals surface area contributed by atoms with Crippen molar-refractivity contribution in [3.63, 3.8) is 0 Å². The summed E-state index contributed by atoms with van der Waals surface area (Å²) in [5.74, 6) is 0.195. The lowest BCUT2D eigenvalue weighted by atomic mass is 10.1. The van der Waals surface area contributed by atoms with Gasteiger partial charge in [-0.05, 0) is 18.6 Å². The van der Waals surface area contributed by atoms with Crippen LogP contribution in [0.3, 0.4) is 0 Å². The van der Waals surface area contributed by atoms with Gasteiger partial charge in [-0.2, -0.15) is 5.26 Å². The number of amides is 1. The molecule has 0 aromatic carbocycles. The summed E-state index contributed by atoms with van der Waals surface area (Å²) in [4.78, 5) is 17.1. The lowest BCUT2D eigenvalue weighted by Gasteiger charge is -2.30. The summed E-state index contributed by atoms with van der Waals surface area (Å²) in [5.41, 5.74) is 1.29. The molecule has 2 heterocycles. The number of piperidine rings is 1. The van der Waals surface area contributed by atoms with Crippen molar-refractivity contribution in [3.8, 4) is 6.07 Å². The van der Waals surface area contributed by atoms with Crippen LogP contribution in [0.4, 0.5) is 5.69 Å². The molecule has 1 aliphatic heterocycles. The normalized spacial score (nSPS) is 19.9. The third-order valence-corrected chi connectivity index (χ3v) is 2.88. The maximum absolute atomic E-state index is 11.3. The minimum absolute atomic E-state index is 0.195. The molecule has 2 rings (SSSR count). The molecule has 1 aliphatic rings. The Kier molecular flexibility index (Phi) is 3.24. The monoisotopic (exact) mass is 230 g/mol. The van der Waals surface area contributed by atoms with Crippen LogP contribution in [0.1, 0.15) is 18.5 Å². The van der Waals surface area contributed by atoms with Crippen LogP contribution >= 0.6 is 0 Å². The van der Waals surface area contributed by atoms with Gasteiger partial charge in [0.1, 0.15) is 11.8 Å². The number of carbonyl (C=O) groups excluding carboxylic acids is 1. The van der Waals surface area contributed by atoms with Gasteiger partial charge in [0.15, 0.2) is 0 Å². The minimum atomic E-state index is 0.195. The highest BCUT2D eigenvalue weighted by Crippen LogP contribution is 2.15. The van der Waals surface area contributed by atoms with E-state index in [-0.39, 0.29) is 11.9 Å². The number of rotatable bonds is 2. The molecule has 5 heteroatoms. The fourth-order valence-corrected chi connectivity index (χ4v) is 1.91. The number of nitrogens with zero attached hydrogens (tertiary/aromatic N) is 3. The van der Waals surface area contributed by atoms with E-state index in [1.807, 2.05) is 19.2 Å². The topological polar surface area (TPSA) is 69.0 Å². The molecule has 0 unspecified atom stereocenters. The number of carbonyl (C=O) groups is 1. The zero-order chi connectivity index (χ0) is 12.3. The van der Waals surface area contributed by atoms with Crippen molar-refractivity contribution in [2.24, 2.45) is 0 Å². The molecule has 1 atom stereocenters. The zero-order valence-corrected chi connectivity index (χ0v) is 9.68. The molecule has 1 fully saturated rings. The lowest BCUT2D eigenvalue weighted by molar-refractivity contribution is -0.132. The molecule has 0 bridgehead atoms. The Hall–Kier alpha value is -2.09. The van der Waals surface area contributed by atoms with Crippen LogP contribution in [0, 0.1) is 11.3 Å². The molecule has 1 N–H and O–H groups in total. The van der Waals surface area contributed by atoms with E-state index in [0.717, 1.165) is 12.1 Å². The average Bonchev–Trinajstić information content (AvgIpc) is 2.35. The van der Waals surface area contributed by atoms with Crippen molar-refractivity contribution in [2.45, 2.75) is 18.9 Å². The standard InChI is InChI=1S/C12H14N4O/c1-16-8-11(4-5-12(16)17)15-10-3-2-9(6-13)14-7-10/h2-3,7,11,15H,4-5,8H2,1H3/t11-/m1/s1. The predicted octanol–water partition coefficient (Wildman–Crippen LogP) is 0.986. The van der Waals surface area contributed by atoms with Crippen molar-refractivity contribution < 1.29 is 4.79 Å². The van der Waals surface area contributed by atoms with Gasteiger partial charge in [-0.1, -0.05) is 0 Å². The van der Waals surface area contributed by atoms with Crippen LogP contribution in [0.2, 0.25) is 0 Å². The second-order valence-corrected chi connectivity index (χ2v) is 4.20.